The summed E-state index contributed by atoms with van der Waals surface area (Å²) >= 11 is 0. The number of amides is 1. The second-order valence-electron chi connectivity index (χ2n) is 7.62. The van der Waals surface area contributed by atoms with E-state index in [0.717, 1.165) is 18.4 Å². The summed E-state index contributed by atoms with van der Waals surface area (Å²) in [5, 5.41) is 5.60. The molecule has 1 aromatic carbocycles. The van der Waals surface area contributed by atoms with Crippen LogP contribution in [-0.4, -0.2) is 46.2 Å². The van der Waals surface area contributed by atoms with Crippen molar-refractivity contribution in [2.24, 2.45) is 5.92 Å². The summed E-state index contributed by atoms with van der Waals surface area (Å²) in [5.74, 6) is 0.776. The molecule has 3 aliphatic rings. The summed E-state index contributed by atoms with van der Waals surface area (Å²) in [6.45, 7) is 3.54. The predicted molar refractivity (Wildman–Crippen MR) is 112 cm³/mol. The summed E-state index contributed by atoms with van der Waals surface area (Å²) in [5.41, 5.74) is 1.11. The number of benzene rings is 1. The summed E-state index contributed by atoms with van der Waals surface area (Å²) < 4.78 is 23.9. The zero-order chi connectivity index (χ0) is 21.1. The van der Waals surface area contributed by atoms with E-state index in [9.17, 15) is 9.18 Å². The van der Waals surface area contributed by atoms with Crippen LogP contribution in [0.25, 0.3) is 0 Å². The highest BCUT2D eigenvalue weighted by Gasteiger charge is 2.29. The van der Waals surface area contributed by atoms with Gasteiger partial charge in [-0.1, -0.05) is 12.8 Å². The molecule has 2 N–H and O–H groups in total. The molecule has 1 aromatic rings. The molecule has 0 spiro atoms. The standard InChI is InChI=1S/C17H22FNO2.C3H7N.C2H4O2.H2/c1-19-17(20)14-8-13(12-6-7-12)16(9-15(14)18)21-10-11-4-2-3-5-11;1-2-4-3-1;1-4-2-3;/h8-9,11-12H,2-7,10H2,1H3,(H,19,20);4H,1-3H2;2H,1H3;1H. The van der Waals surface area contributed by atoms with Crippen LogP contribution in [0.2, 0.25) is 0 Å². The molecule has 2 saturated carbocycles. The molecule has 6 nitrogen and oxygen atoms in total. The van der Waals surface area contributed by atoms with Gasteiger partial charge in [-0.3, -0.25) is 9.59 Å². The van der Waals surface area contributed by atoms with Crippen LogP contribution in [0.1, 0.15) is 68.2 Å². The van der Waals surface area contributed by atoms with Crippen LogP contribution >= 0.6 is 0 Å². The highest BCUT2D eigenvalue weighted by atomic mass is 19.1. The number of rotatable bonds is 6. The molecule has 0 aromatic heterocycles. The fourth-order valence-electron chi connectivity index (χ4n) is 3.28. The molecule has 164 valence electrons. The van der Waals surface area contributed by atoms with Crippen LogP contribution in [0.3, 0.4) is 0 Å². The predicted octanol–water partition coefficient (Wildman–Crippen LogP) is 3.65. The second-order valence-corrected chi connectivity index (χ2v) is 7.62. The van der Waals surface area contributed by atoms with Gasteiger partial charge in [0, 0.05) is 14.5 Å². The minimum atomic E-state index is -0.500. The molecule has 1 saturated heterocycles. The Bertz CT molecular complexity index is 657. The van der Waals surface area contributed by atoms with E-state index in [1.165, 1.54) is 65.4 Å². The number of hydrogen-bond donors (Lipinski definition) is 2. The fourth-order valence-corrected chi connectivity index (χ4v) is 3.28. The monoisotopic (exact) mass is 410 g/mol. The summed E-state index contributed by atoms with van der Waals surface area (Å²) in [6.07, 6.45) is 8.54. The van der Waals surface area contributed by atoms with Crippen LogP contribution in [0.5, 0.6) is 5.75 Å². The van der Waals surface area contributed by atoms with Crippen molar-refractivity contribution in [3.8, 4) is 5.75 Å². The van der Waals surface area contributed by atoms with E-state index in [1.54, 1.807) is 6.07 Å². The molecule has 0 radical (unpaired) electrons. The van der Waals surface area contributed by atoms with Crippen LogP contribution in [0, 0.1) is 11.7 Å². The molecule has 7 heteroatoms. The van der Waals surface area contributed by atoms with E-state index < -0.39 is 5.82 Å². The average Bonchev–Trinajstić information content (AvgIpc) is 3.39. The van der Waals surface area contributed by atoms with Crippen LogP contribution in [0.4, 0.5) is 4.39 Å². The van der Waals surface area contributed by atoms with Crippen molar-refractivity contribution < 1.29 is 24.9 Å². The summed E-state index contributed by atoms with van der Waals surface area (Å²) in [4.78, 5) is 20.7. The Kier molecular flexibility index (Phi) is 9.91. The molecular formula is C22H35FN2O4. The third-order valence-electron chi connectivity index (χ3n) is 5.34. The number of carbonyl (C=O) groups is 2. The van der Waals surface area contributed by atoms with Gasteiger partial charge in [-0.25, -0.2) is 4.39 Å². The second kappa shape index (κ2) is 12.4. The summed E-state index contributed by atoms with van der Waals surface area (Å²) in [6, 6.07) is 3.07. The highest BCUT2D eigenvalue weighted by molar-refractivity contribution is 5.94. The third-order valence-corrected chi connectivity index (χ3v) is 5.34. The van der Waals surface area contributed by atoms with Crippen molar-refractivity contribution in [3.05, 3.63) is 29.1 Å². The number of ether oxygens (including phenoxy) is 2. The maximum absolute atomic E-state index is 14.1. The minimum absolute atomic E-state index is 0. The molecule has 1 heterocycles. The Morgan fingerprint density at radius 1 is 1.24 bits per heavy atom. The SMILES string of the molecule is C1CNC1.CNC(=O)c1cc(C2CC2)c(OCC2CCCC2)cc1F.COC=O.[HH]. The molecule has 1 amide bonds. The van der Waals surface area contributed by atoms with Crippen LogP contribution in [0.15, 0.2) is 12.1 Å². The van der Waals surface area contributed by atoms with E-state index >= 15 is 0 Å². The van der Waals surface area contributed by atoms with Gasteiger partial charge in [0.1, 0.15) is 11.6 Å². The number of carbonyl (C=O) groups excluding carboxylic acids is 2. The number of halogens is 1. The largest absolute Gasteiger partial charge is 0.493 e. The van der Waals surface area contributed by atoms with Gasteiger partial charge in [0.2, 0.25) is 0 Å². The van der Waals surface area contributed by atoms with Gasteiger partial charge in [-0.05, 0) is 68.7 Å². The Morgan fingerprint density at radius 2 is 1.83 bits per heavy atom. The average molecular weight is 411 g/mol. The van der Waals surface area contributed by atoms with Gasteiger partial charge in [-0.2, -0.15) is 0 Å². The van der Waals surface area contributed by atoms with Crippen LogP contribution in [-0.2, 0) is 9.53 Å². The van der Waals surface area contributed by atoms with Gasteiger partial charge in [0.15, 0.2) is 0 Å². The van der Waals surface area contributed by atoms with E-state index in [1.807, 2.05) is 0 Å². The van der Waals surface area contributed by atoms with Gasteiger partial charge in [0.25, 0.3) is 12.4 Å². The van der Waals surface area contributed by atoms with Crippen molar-refractivity contribution in [2.45, 2.75) is 50.9 Å². The third kappa shape index (κ3) is 7.65. The van der Waals surface area contributed by atoms with Crippen molar-refractivity contribution in [2.75, 3.05) is 33.9 Å². The van der Waals surface area contributed by atoms with E-state index in [0.29, 0.717) is 30.7 Å². The Morgan fingerprint density at radius 3 is 2.28 bits per heavy atom. The van der Waals surface area contributed by atoms with Gasteiger partial charge in [0.05, 0.1) is 19.3 Å². The molecule has 29 heavy (non-hydrogen) atoms. The number of hydrogen-bond acceptors (Lipinski definition) is 5. The first kappa shape index (κ1) is 23.1. The van der Waals surface area contributed by atoms with Crippen molar-refractivity contribution in [3.63, 3.8) is 0 Å². The topological polar surface area (TPSA) is 76.7 Å². The Hall–Kier alpha value is -2.15. The molecule has 3 fully saturated rings. The quantitative estimate of drug-likeness (QED) is 0.700. The lowest BCUT2D eigenvalue weighted by molar-refractivity contribution is -0.126. The lowest BCUT2D eigenvalue weighted by Crippen LogP contribution is -2.29. The van der Waals surface area contributed by atoms with Crippen molar-refractivity contribution in [1.29, 1.82) is 0 Å². The van der Waals surface area contributed by atoms with Crippen molar-refractivity contribution in [1.82, 2.24) is 10.6 Å². The molecular weight excluding hydrogens is 375 g/mol. The fraction of sp³-hybridized carbons (Fsp3) is 0.636. The number of nitrogens with one attached hydrogen (secondary N) is 2. The Labute approximate surface area is 174 Å². The zero-order valence-corrected chi connectivity index (χ0v) is 17.5. The molecule has 0 bridgehead atoms. The lowest BCUT2D eigenvalue weighted by Gasteiger charge is -2.16. The molecule has 1 aliphatic heterocycles. The Balaban J connectivity index is 0.000000424. The van der Waals surface area contributed by atoms with E-state index in [-0.39, 0.29) is 12.9 Å². The maximum Gasteiger partial charge on any atom is 0.292 e. The van der Waals surface area contributed by atoms with E-state index in [2.05, 4.69) is 15.4 Å². The number of methoxy groups -OCH3 is 1. The maximum atomic E-state index is 14.1. The van der Waals surface area contributed by atoms with Crippen LogP contribution < -0.4 is 15.4 Å². The molecule has 2 aliphatic carbocycles. The van der Waals surface area contributed by atoms with Gasteiger partial charge < -0.3 is 20.1 Å². The first-order valence-corrected chi connectivity index (χ1v) is 10.5. The molecule has 0 atom stereocenters. The highest BCUT2D eigenvalue weighted by Crippen LogP contribution is 2.45. The molecule has 4 rings (SSSR count). The summed E-state index contributed by atoms with van der Waals surface area (Å²) in [7, 11) is 2.83. The smallest absolute Gasteiger partial charge is 0.292 e. The van der Waals surface area contributed by atoms with Crippen molar-refractivity contribution >= 4 is 12.4 Å². The first-order chi connectivity index (χ1) is 14.1. The molecule has 0 unspecified atom stereocenters. The lowest BCUT2D eigenvalue weighted by atomic mass is 10.0. The minimum Gasteiger partial charge on any atom is -0.493 e. The van der Waals surface area contributed by atoms with E-state index in [4.69, 9.17) is 9.53 Å². The zero-order valence-electron chi connectivity index (χ0n) is 17.5. The normalized spacial score (nSPS) is 17.6. The van der Waals surface area contributed by atoms with Gasteiger partial charge >= 0.3 is 0 Å². The first-order valence-electron chi connectivity index (χ1n) is 10.5. The van der Waals surface area contributed by atoms with Gasteiger partial charge in [-0.15, -0.1) is 0 Å².